The Hall–Kier alpha value is 0.220. The van der Waals surface area contributed by atoms with Crippen molar-refractivity contribution in [2.24, 2.45) is 0 Å². The van der Waals surface area contributed by atoms with Gasteiger partial charge in [-0.05, 0) is 6.42 Å². The molecule has 4 nitrogen and oxygen atoms in total. The lowest BCUT2D eigenvalue weighted by Crippen LogP contribution is -2.54. The van der Waals surface area contributed by atoms with Crippen LogP contribution in [0.3, 0.4) is 0 Å². The van der Waals surface area contributed by atoms with Crippen LogP contribution in [0.15, 0.2) is 0 Å². The van der Waals surface area contributed by atoms with Gasteiger partial charge in [-0.15, -0.1) is 0 Å². The van der Waals surface area contributed by atoms with Crippen LogP contribution in [0, 0.1) is 0 Å². The molecule has 0 aliphatic carbocycles. The Bertz CT molecular complexity index is 277. The number of nitrogens with one attached hydrogen (secondary N) is 2. The van der Waals surface area contributed by atoms with Crippen LogP contribution in [0.2, 0.25) is 0 Å². The third-order valence-corrected chi connectivity index (χ3v) is 4.88. The van der Waals surface area contributed by atoms with Gasteiger partial charge in [0, 0.05) is 23.1 Å². The van der Waals surface area contributed by atoms with Gasteiger partial charge >= 0.3 is 0 Å². The highest BCUT2D eigenvalue weighted by atomic mass is 32.2. The van der Waals surface area contributed by atoms with Gasteiger partial charge in [0.05, 0.1) is 0 Å². The van der Waals surface area contributed by atoms with Gasteiger partial charge in [-0.2, -0.15) is 24.9 Å². The zero-order valence-corrected chi connectivity index (χ0v) is 8.41. The number of rotatable bonds is 0. The summed E-state index contributed by atoms with van der Waals surface area (Å²) in [6.07, 6.45) is 0.955. The topological polar surface area (TPSA) is 58.2 Å². The van der Waals surface area contributed by atoms with Gasteiger partial charge in [-0.1, -0.05) is 6.92 Å². The molecular formula is C6H12N2O2S2. The first-order chi connectivity index (χ1) is 5.57. The normalized spacial score (nSPS) is 45.6. The van der Waals surface area contributed by atoms with E-state index in [-0.39, 0.29) is 6.04 Å². The maximum atomic E-state index is 11.1. The number of hydrogen-bond acceptors (Lipinski definition) is 3. The Morgan fingerprint density at radius 2 is 2.25 bits per heavy atom. The van der Waals surface area contributed by atoms with E-state index in [2.05, 4.69) is 16.4 Å². The molecule has 0 bridgehead atoms. The molecule has 0 aromatic heterocycles. The minimum absolute atomic E-state index is 0.149. The summed E-state index contributed by atoms with van der Waals surface area (Å²) in [5, 5.41) is 0.992. The van der Waals surface area contributed by atoms with Gasteiger partial charge in [0.25, 0.3) is 10.2 Å². The molecule has 2 rings (SSSR count). The van der Waals surface area contributed by atoms with Crippen LogP contribution >= 0.6 is 11.8 Å². The Balaban J connectivity index is 2.12. The Kier molecular flexibility index (Phi) is 2.10. The van der Waals surface area contributed by atoms with E-state index >= 15 is 0 Å². The second-order valence-corrected chi connectivity index (χ2v) is 6.51. The smallest absolute Gasteiger partial charge is 0.201 e. The lowest BCUT2D eigenvalue weighted by Gasteiger charge is -2.25. The van der Waals surface area contributed by atoms with E-state index in [1.165, 1.54) is 0 Å². The summed E-state index contributed by atoms with van der Waals surface area (Å²) in [5.74, 6) is 0. The molecule has 2 N–H and O–H groups in total. The van der Waals surface area contributed by atoms with Crippen molar-refractivity contribution >= 4 is 22.0 Å². The molecule has 3 unspecified atom stereocenters. The molecule has 70 valence electrons. The highest BCUT2D eigenvalue weighted by Crippen LogP contribution is 2.34. The second kappa shape index (κ2) is 2.87. The average molecular weight is 208 g/mol. The van der Waals surface area contributed by atoms with Gasteiger partial charge in [0.15, 0.2) is 0 Å². The van der Waals surface area contributed by atoms with Crippen LogP contribution < -0.4 is 9.44 Å². The number of fused-ring (bicyclic) bond motifs is 1. The quantitative estimate of drug-likeness (QED) is 0.574. The second-order valence-electron chi connectivity index (χ2n) is 3.30. The molecular weight excluding hydrogens is 196 g/mol. The first-order valence-electron chi connectivity index (χ1n) is 3.99. The van der Waals surface area contributed by atoms with Crippen LogP contribution in [0.25, 0.3) is 0 Å². The average Bonchev–Trinajstić information content (AvgIpc) is 2.26. The molecule has 12 heavy (non-hydrogen) atoms. The van der Waals surface area contributed by atoms with Crippen molar-refractivity contribution < 1.29 is 8.42 Å². The maximum absolute atomic E-state index is 11.1. The van der Waals surface area contributed by atoms with Crippen molar-refractivity contribution in [3.05, 3.63) is 0 Å². The van der Waals surface area contributed by atoms with Crippen LogP contribution in [-0.4, -0.2) is 31.5 Å². The van der Waals surface area contributed by atoms with Crippen molar-refractivity contribution in [1.29, 1.82) is 0 Å². The number of hydrogen-bond donors (Lipinski definition) is 2. The van der Waals surface area contributed by atoms with Gasteiger partial charge < -0.3 is 0 Å². The van der Waals surface area contributed by atoms with Crippen molar-refractivity contribution in [2.75, 3.05) is 6.54 Å². The first kappa shape index (κ1) is 8.80. The molecule has 2 saturated heterocycles. The molecule has 2 fully saturated rings. The van der Waals surface area contributed by atoms with E-state index in [0.29, 0.717) is 17.0 Å². The fourth-order valence-electron chi connectivity index (χ4n) is 1.71. The van der Waals surface area contributed by atoms with Crippen LogP contribution in [0.5, 0.6) is 0 Å². The lowest BCUT2D eigenvalue weighted by molar-refractivity contribution is 0.489. The molecule has 0 radical (unpaired) electrons. The maximum Gasteiger partial charge on any atom is 0.277 e. The monoisotopic (exact) mass is 208 g/mol. The molecule has 0 spiro atoms. The van der Waals surface area contributed by atoms with E-state index in [9.17, 15) is 8.42 Å². The molecule has 0 aromatic rings. The Labute approximate surface area is 76.7 Å². The summed E-state index contributed by atoms with van der Waals surface area (Å²) in [4.78, 5) is 0. The van der Waals surface area contributed by atoms with Crippen LogP contribution in [-0.2, 0) is 10.2 Å². The van der Waals surface area contributed by atoms with E-state index in [4.69, 9.17) is 0 Å². The van der Waals surface area contributed by atoms with Crippen LogP contribution in [0.1, 0.15) is 13.3 Å². The molecule has 0 aromatic carbocycles. The largest absolute Gasteiger partial charge is 0.277 e. The zero-order chi connectivity index (χ0) is 8.77. The van der Waals surface area contributed by atoms with Crippen molar-refractivity contribution in [3.63, 3.8) is 0 Å². The molecule has 0 saturated carbocycles. The molecule has 2 aliphatic rings. The van der Waals surface area contributed by atoms with Crippen LogP contribution in [0.4, 0.5) is 0 Å². The van der Waals surface area contributed by atoms with E-state index in [0.717, 1.165) is 6.42 Å². The summed E-state index contributed by atoms with van der Waals surface area (Å²) in [6.45, 7) is 2.71. The van der Waals surface area contributed by atoms with Gasteiger partial charge in [-0.3, -0.25) is 0 Å². The predicted molar refractivity (Wildman–Crippen MR) is 49.3 cm³/mol. The van der Waals surface area contributed by atoms with E-state index in [1.54, 1.807) is 0 Å². The summed E-state index contributed by atoms with van der Waals surface area (Å²) in [7, 11) is -3.17. The van der Waals surface area contributed by atoms with Gasteiger partial charge in [-0.25, -0.2) is 4.72 Å². The van der Waals surface area contributed by atoms with Crippen molar-refractivity contribution in [1.82, 2.24) is 9.44 Å². The molecule has 6 heteroatoms. The Morgan fingerprint density at radius 3 is 3.00 bits per heavy atom. The molecule has 2 heterocycles. The standard InChI is InChI=1S/C6H12N2O2S2/c1-4-2-5-6(11-4)3-7-12(9,10)8-5/h4-8H,2-3H2,1H3. The highest BCUT2D eigenvalue weighted by molar-refractivity contribution is 8.01. The van der Waals surface area contributed by atoms with Gasteiger partial charge in [0.1, 0.15) is 0 Å². The van der Waals surface area contributed by atoms with E-state index in [1.807, 2.05) is 11.8 Å². The summed E-state index contributed by atoms with van der Waals surface area (Å²) >= 11 is 1.86. The fourth-order valence-corrected chi connectivity index (χ4v) is 4.50. The van der Waals surface area contributed by atoms with Crippen molar-refractivity contribution in [3.8, 4) is 0 Å². The minimum Gasteiger partial charge on any atom is -0.201 e. The summed E-state index contributed by atoms with van der Waals surface area (Å²) in [5.41, 5.74) is 0. The van der Waals surface area contributed by atoms with Crippen molar-refractivity contribution in [2.45, 2.75) is 29.9 Å². The zero-order valence-electron chi connectivity index (χ0n) is 6.78. The summed E-state index contributed by atoms with van der Waals surface area (Å²) < 4.78 is 27.3. The predicted octanol–water partition coefficient (Wildman–Crippen LogP) is -0.313. The third-order valence-electron chi connectivity index (χ3n) is 2.22. The van der Waals surface area contributed by atoms with E-state index < -0.39 is 10.2 Å². The molecule has 3 atom stereocenters. The minimum atomic E-state index is -3.17. The SMILES string of the molecule is CC1CC2NS(=O)(=O)NCC2S1. The lowest BCUT2D eigenvalue weighted by atomic mass is 10.1. The number of thioether (sulfide) groups is 1. The van der Waals surface area contributed by atoms with Gasteiger partial charge in [0.2, 0.25) is 0 Å². The molecule has 0 amide bonds. The molecule has 2 aliphatic heterocycles. The highest BCUT2D eigenvalue weighted by Gasteiger charge is 2.38. The first-order valence-corrected chi connectivity index (χ1v) is 6.42. The fraction of sp³-hybridized carbons (Fsp3) is 1.00. The summed E-state index contributed by atoms with van der Waals surface area (Å²) in [6, 6.07) is 0.149. The third kappa shape index (κ3) is 1.61. The Morgan fingerprint density at radius 1 is 1.50 bits per heavy atom.